The Hall–Kier alpha value is -2.25. The summed E-state index contributed by atoms with van der Waals surface area (Å²) in [5.41, 5.74) is 1.94. The van der Waals surface area contributed by atoms with Crippen molar-refractivity contribution in [2.24, 2.45) is 0 Å². The van der Waals surface area contributed by atoms with Crippen molar-refractivity contribution in [1.82, 2.24) is 14.1 Å². The molecule has 160 valence electrons. The first-order chi connectivity index (χ1) is 14.6. The predicted octanol–water partition coefficient (Wildman–Crippen LogP) is 3.16. The van der Waals surface area contributed by atoms with Crippen LogP contribution in [0.15, 0.2) is 35.3 Å². The fourth-order valence-corrected chi connectivity index (χ4v) is 4.54. The zero-order valence-corrected chi connectivity index (χ0v) is 18.6. The summed E-state index contributed by atoms with van der Waals surface area (Å²) < 4.78 is 11.2. The van der Waals surface area contributed by atoms with Gasteiger partial charge in [0, 0.05) is 45.1 Å². The third-order valence-electron chi connectivity index (χ3n) is 4.98. The number of hydrogen-bond acceptors (Lipinski definition) is 8. The van der Waals surface area contributed by atoms with Crippen LogP contribution in [-0.4, -0.2) is 54.5 Å². The van der Waals surface area contributed by atoms with Gasteiger partial charge in [-0.15, -0.1) is 0 Å². The Morgan fingerprint density at radius 1 is 1.37 bits per heavy atom. The molecule has 0 aliphatic carbocycles. The van der Waals surface area contributed by atoms with Crippen molar-refractivity contribution in [3.05, 3.63) is 51.4 Å². The lowest BCUT2D eigenvalue weighted by molar-refractivity contribution is 0.208. The standard InChI is InChI=1S/C20H25ClN6O2S/c1-23-18-14-24-27(20(28)19(18)21)17-7-9-25(10-8-17)30-26(11-12-29-2)16-5-3-15(13-22)4-6-16/h3-6,14,17,23H,7-12H2,1-2H3. The van der Waals surface area contributed by atoms with Gasteiger partial charge in [0.05, 0.1) is 42.7 Å². The SMILES string of the molecule is CNc1cnn(C2CCN(SN(CCOC)c3ccc(C#N)cc3)CC2)c(=O)c1Cl. The number of methoxy groups -OCH3 is 1. The molecule has 2 heterocycles. The lowest BCUT2D eigenvalue weighted by Crippen LogP contribution is -2.38. The van der Waals surface area contributed by atoms with Crippen molar-refractivity contribution in [2.75, 3.05) is 50.0 Å². The molecule has 0 radical (unpaired) electrons. The van der Waals surface area contributed by atoms with Crippen LogP contribution in [-0.2, 0) is 4.74 Å². The van der Waals surface area contributed by atoms with Crippen LogP contribution in [0.2, 0.25) is 5.02 Å². The number of nitrogens with zero attached hydrogens (tertiary/aromatic N) is 5. The average molecular weight is 449 g/mol. The van der Waals surface area contributed by atoms with Crippen LogP contribution in [0.4, 0.5) is 11.4 Å². The predicted molar refractivity (Wildman–Crippen MR) is 121 cm³/mol. The van der Waals surface area contributed by atoms with E-state index < -0.39 is 0 Å². The van der Waals surface area contributed by atoms with Crippen LogP contribution in [0.5, 0.6) is 0 Å². The third-order valence-corrected chi connectivity index (χ3v) is 6.53. The first kappa shape index (κ1) is 22.4. The highest BCUT2D eigenvalue weighted by Gasteiger charge is 2.25. The molecule has 0 unspecified atom stereocenters. The number of benzene rings is 1. The van der Waals surface area contributed by atoms with Crippen molar-refractivity contribution in [3.8, 4) is 6.07 Å². The van der Waals surface area contributed by atoms with Gasteiger partial charge in [-0.1, -0.05) is 11.6 Å². The number of anilines is 2. The minimum absolute atomic E-state index is 0.0279. The first-order valence-electron chi connectivity index (χ1n) is 9.72. The second-order valence-corrected chi connectivity index (χ2v) is 8.37. The number of hydrogen-bond donors (Lipinski definition) is 1. The molecule has 2 aromatic rings. The molecule has 1 N–H and O–H groups in total. The van der Waals surface area contributed by atoms with Gasteiger partial charge < -0.3 is 14.4 Å². The van der Waals surface area contributed by atoms with E-state index in [-0.39, 0.29) is 16.6 Å². The van der Waals surface area contributed by atoms with Crippen molar-refractivity contribution in [1.29, 1.82) is 5.26 Å². The van der Waals surface area contributed by atoms with E-state index >= 15 is 0 Å². The molecule has 30 heavy (non-hydrogen) atoms. The normalized spacial score (nSPS) is 15.0. The van der Waals surface area contributed by atoms with Crippen LogP contribution in [0.1, 0.15) is 24.4 Å². The molecule has 1 aromatic carbocycles. The van der Waals surface area contributed by atoms with Gasteiger partial charge in [-0.25, -0.2) is 8.99 Å². The monoisotopic (exact) mass is 448 g/mol. The molecule has 1 aromatic heterocycles. The molecule has 3 rings (SSSR count). The summed E-state index contributed by atoms with van der Waals surface area (Å²) in [5, 5.41) is 16.4. The van der Waals surface area contributed by atoms with Gasteiger partial charge in [-0.3, -0.25) is 4.79 Å². The molecule has 1 aliphatic heterocycles. The Kier molecular flexibility index (Phi) is 7.99. The van der Waals surface area contributed by atoms with Gasteiger partial charge in [0.15, 0.2) is 0 Å². The van der Waals surface area contributed by atoms with Gasteiger partial charge in [-0.2, -0.15) is 10.4 Å². The molecule has 1 fully saturated rings. The summed E-state index contributed by atoms with van der Waals surface area (Å²) in [7, 11) is 3.40. The van der Waals surface area contributed by atoms with E-state index in [0.29, 0.717) is 17.9 Å². The third kappa shape index (κ3) is 5.26. The Labute approximate surface area is 185 Å². The molecule has 0 bridgehead atoms. The Morgan fingerprint density at radius 3 is 2.67 bits per heavy atom. The molecule has 10 heteroatoms. The molecule has 8 nitrogen and oxygen atoms in total. The van der Waals surface area contributed by atoms with Gasteiger partial charge in [0.25, 0.3) is 5.56 Å². The second-order valence-electron chi connectivity index (χ2n) is 6.87. The number of ether oxygens (including phenoxy) is 1. The van der Waals surface area contributed by atoms with Crippen LogP contribution >= 0.6 is 23.7 Å². The Morgan fingerprint density at radius 2 is 2.07 bits per heavy atom. The number of halogens is 1. The molecular formula is C20H25ClN6O2S. The number of nitrogens with one attached hydrogen (secondary N) is 1. The fraction of sp³-hybridized carbons (Fsp3) is 0.450. The maximum absolute atomic E-state index is 12.5. The molecule has 1 aliphatic rings. The maximum Gasteiger partial charge on any atom is 0.287 e. The van der Waals surface area contributed by atoms with Crippen LogP contribution in [0.3, 0.4) is 0 Å². The molecule has 0 amide bonds. The summed E-state index contributed by atoms with van der Waals surface area (Å²) in [4.78, 5) is 12.5. The molecule has 0 saturated carbocycles. The fourth-order valence-electron chi connectivity index (χ4n) is 3.28. The Bertz CT molecular complexity index is 938. The average Bonchev–Trinajstić information content (AvgIpc) is 2.79. The minimum atomic E-state index is -0.256. The van der Waals surface area contributed by atoms with Crippen LogP contribution < -0.4 is 15.2 Å². The Balaban J connectivity index is 1.65. The van der Waals surface area contributed by atoms with Crippen LogP contribution in [0, 0.1) is 11.3 Å². The van der Waals surface area contributed by atoms with E-state index in [1.54, 1.807) is 32.5 Å². The minimum Gasteiger partial charge on any atom is -0.385 e. The molecular weight excluding hydrogens is 424 g/mol. The van der Waals surface area contributed by atoms with E-state index in [9.17, 15) is 4.79 Å². The summed E-state index contributed by atoms with van der Waals surface area (Å²) in [6.45, 7) is 2.94. The second kappa shape index (κ2) is 10.7. The van der Waals surface area contributed by atoms with E-state index in [2.05, 4.69) is 25.1 Å². The summed E-state index contributed by atoms with van der Waals surface area (Å²) in [6.07, 6.45) is 3.21. The number of rotatable bonds is 8. The molecule has 0 spiro atoms. The highest BCUT2D eigenvalue weighted by atomic mass is 35.5. The van der Waals surface area contributed by atoms with Crippen molar-refractivity contribution in [3.63, 3.8) is 0 Å². The zero-order chi connectivity index (χ0) is 21.5. The van der Waals surface area contributed by atoms with E-state index in [0.717, 1.165) is 38.2 Å². The number of nitriles is 1. The number of aromatic nitrogens is 2. The van der Waals surface area contributed by atoms with Gasteiger partial charge in [0.2, 0.25) is 0 Å². The lowest BCUT2D eigenvalue weighted by Gasteiger charge is -2.35. The van der Waals surface area contributed by atoms with Gasteiger partial charge in [0.1, 0.15) is 5.02 Å². The van der Waals surface area contributed by atoms with E-state index in [1.165, 1.54) is 4.68 Å². The maximum atomic E-state index is 12.5. The summed E-state index contributed by atoms with van der Waals surface area (Å²) in [5.74, 6) is 0. The highest BCUT2D eigenvalue weighted by molar-refractivity contribution is 7.98. The number of piperidine rings is 1. The summed E-state index contributed by atoms with van der Waals surface area (Å²) in [6, 6.07) is 9.70. The summed E-state index contributed by atoms with van der Waals surface area (Å²) >= 11 is 7.81. The molecule has 1 saturated heterocycles. The van der Waals surface area contributed by atoms with Crippen LogP contribution in [0.25, 0.3) is 0 Å². The highest BCUT2D eigenvalue weighted by Crippen LogP contribution is 2.31. The lowest BCUT2D eigenvalue weighted by atomic mass is 10.1. The zero-order valence-electron chi connectivity index (χ0n) is 17.0. The van der Waals surface area contributed by atoms with Crippen molar-refractivity contribution < 1.29 is 4.74 Å². The topological polar surface area (TPSA) is 86.4 Å². The van der Waals surface area contributed by atoms with Crippen molar-refractivity contribution in [2.45, 2.75) is 18.9 Å². The van der Waals surface area contributed by atoms with Gasteiger partial charge in [-0.05, 0) is 37.1 Å². The smallest absolute Gasteiger partial charge is 0.287 e. The van der Waals surface area contributed by atoms with Gasteiger partial charge >= 0.3 is 0 Å². The quantitative estimate of drug-likeness (QED) is 0.616. The van der Waals surface area contributed by atoms with Crippen molar-refractivity contribution >= 4 is 35.1 Å². The first-order valence-corrected chi connectivity index (χ1v) is 10.8. The molecule has 0 atom stereocenters. The van der Waals surface area contributed by atoms with E-state index in [1.807, 2.05) is 24.3 Å². The van der Waals surface area contributed by atoms with E-state index in [4.69, 9.17) is 21.6 Å². The largest absolute Gasteiger partial charge is 0.385 e.